The van der Waals surface area contributed by atoms with Crippen LogP contribution in [0.3, 0.4) is 0 Å². The van der Waals surface area contributed by atoms with E-state index in [1.165, 1.54) is 0 Å². The molecule has 0 heterocycles. The molecular weight excluding hydrogens is 308 g/mol. The molecule has 1 aromatic carbocycles. The SMILES string of the molecule is CCC(N)Cc1cc(Br)ccc1OCCC(=O)NC. The molecule has 3 N–H and O–H groups in total. The van der Waals surface area contributed by atoms with E-state index in [9.17, 15) is 4.79 Å². The van der Waals surface area contributed by atoms with Crippen molar-refractivity contribution in [2.75, 3.05) is 13.7 Å². The van der Waals surface area contributed by atoms with Gasteiger partial charge in [-0.3, -0.25) is 4.79 Å². The van der Waals surface area contributed by atoms with Crippen molar-refractivity contribution in [3.63, 3.8) is 0 Å². The van der Waals surface area contributed by atoms with Gasteiger partial charge in [0.15, 0.2) is 0 Å². The smallest absolute Gasteiger partial charge is 0.223 e. The third kappa shape index (κ3) is 5.61. The van der Waals surface area contributed by atoms with Gasteiger partial charge in [0.1, 0.15) is 5.75 Å². The van der Waals surface area contributed by atoms with Crippen molar-refractivity contribution >= 4 is 21.8 Å². The lowest BCUT2D eigenvalue weighted by atomic mass is 10.0. The molecule has 5 heteroatoms. The summed E-state index contributed by atoms with van der Waals surface area (Å²) in [6, 6.07) is 5.97. The quantitative estimate of drug-likeness (QED) is 0.806. The Hall–Kier alpha value is -1.07. The Morgan fingerprint density at radius 3 is 2.89 bits per heavy atom. The Labute approximate surface area is 122 Å². The number of carbonyl (C=O) groups is 1. The largest absolute Gasteiger partial charge is 0.493 e. The molecule has 0 saturated carbocycles. The van der Waals surface area contributed by atoms with Gasteiger partial charge in [0.2, 0.25) is 5.91 Å². The second-order valence-electron chi connectivity index (χ2n) is 4.40. The number of hydrogen-bond donors (Lipinski definition) is 2. The molecule has 0 bridgehead atoms. The Balaban J connectivity index is 2.67. The summed E-state index contributed by atoms with van der Waals surface area (Å²) in [6.07, 6.45) is 2.04. The topological polar surface area (TPSA) is 64.3 Å². The van der Waals surface area contributed by atoms with Crippen molar-refractivity contribution in [2.45, 2.75) is 32.2 Å². The summed E-state index contributed by atoms with van der Waals surface area (Å²) in [7, 11) is 1.62. The van der Waals surface area contributed by atoms with Crippen LogP contribution in [0.1, 0.15) is 25.3 Å². The summed E-state index contributed by atoms with van der Waals surface area (Å²) in [5.74, 6) is 0.778. The number of rotatable bonds is 7. The third-order valence-corrected chi connectivity index (χ3v) is 3.39. The first kappa shape index (κ1) is 16.0. The van der Waals surface area contributed by atoms with Crippen molar-refractivity contribution in [1.82, 2.24) is 5.32 Å². The van der Waals surface area contributed by atoms with E-state index in [1.54, 1.807) is 7.05 Å². The normalized spacial score (nSPS) is 12.0. The maximum Gasteiger partial charge on any atom is 0.223 e. The highest BCUT2D eigenvalue weighted by atomic mass is 79.9. The Morgan fingerprint density at radius 2 is 2.26 bits per heavy atom. The monoisotopic (exact) mass is 328 g/mol. The van der Waals surface area contributed by atoms with E-state index >= 15 is 0 Å². The van der Waals surface area contributed by atoms with Crippen molar-refractivity contribution < 1.29 is 9.53 Å². The molecule has 4 nitrogen and oxygen atoms in total. The summed E-state index contributed by atoms with van der Waals surface area (Å²) in [6.45, 7) is 2.43. The lowest BCUT2D eigenvalue weighted by molar-refractivity contribution is -0.121. The Bertz CT molecular complexity index is 424. The van der Waals surface area contributed by atoms with Crippen LogP contribution in [0.2, 0.25) is 0 Å². The van der Waals surface area contributed by atoms with E-state index in [0.29, 0.717) is 13.0 Å². The second kappa shape index (κ2) is 8.17. The molecule has 1 atom stereocenters. The average Bonchev–Trinajstić information content (AvgIpc) is 2.40. The first-order chi connectivity index (χ1) is 9.06. The molecule has 1 rings (SSSR count). The number of nitrogens with two attached hydrogens (primary N) is 1. The molecule has 1 amide bonds. The molecule has 0 fully saturated rings. The summed E-state index contributed by atoms with van der Waals surface area (Å²) >= 11 is 3.45. The van der Waals surface area contributed by atoms with Crippen molar-refractivity contribution in [2.24, 2.45) is 5.73 Å². The van der Waals surface area contributed by atoms with E-state index in [4.69, 9.17) is 10.5 Å². The molecule has 1 unspecified atom stereocenters. The second-order valence-corrected chi connectivity index (χ2v) is 5.31. The number of hydrogen-bond acceptors (Lipinski definition) is 3. The molecule has 0 aromatic heterocycles. The van der Waals surface area contributed by atoms with Gasteiger partial charge in [0.05, 0.1) is 13.0 Å². The molecule has 106 valence electrons. The van der Waals surface area contributed by atoms with Gasteiger partial charge in [-0.25, -0.2) is 0 Å². The third-order valence-electron chi connectivity index (χ3n) is 2.89. The number of ether oxygens (including phenoxy) is 1. The van der Waals surface area contributed by atoms with Crippen LogP contribution >= 0.6 is 15.9 Å². The fourth-order valence-electron chi connectivity index (χ4n) is 1.65. The van der Waals surface area contributed by atoms with Crippen LogP contribution in [0.25, 0.3) is 0 Å². The van der Waals surface area contributed by atoms with Gasteiger partial charge in [-0.2, -0.15) is 0 Å². The highest BCUT2D eigenvalue weighted by molar-refractivity contribution is 9.10. The minimum absolute atomic E-state index is 0.0241. The lowest BCUT2D eigenvalue weighted by Crippen LogP contribution is -2.22. The van der Waals surface area contributed by atoms with Crippen molar-refractivity contribution in [1.29, 1.82) is 0 Å². The fraction of sp³-hybridized carbons (Fsp3) is 0.500. The minimum Gasteiger partial charge on any atom is -0.493 e. The van der Waals surface area contributed by atoms with E-state index in [-0.39, 0.29) is 11.9 Å². The van der Waals surface area contributed by atoms with Crippen molar-refractivity contribution in [3.05, 3.63) is 28.2 Å². The van der Waals surface area contributed by atoms with Crippen LogP contribution in [0.5, 0.6) is 5.75 Å². The molecule has 0 aliphatic heterocycles. The zero-order valence-electron chi connectivity index (χ0n) is 11.4. The van der Waals surface area contributed by atoms with E-state index in [0.717, 1.165) is 28.6 Å². The Morgan fingerprint density at radius 1 is 1.53 bits per heavy atom. The van der Waals surface area contributed by atoms with Gasteiger partial charge in [-0.15, -0.1) is 0 Å². The molecule has 0 spiro atoms. The van der Waals surface area contributed by atoms with Gasteiger partial charge in [-0.1, -0.05) is 22.9 Å². The van der Waals surface area contributed by atoms with Gasteiger partial charge in [0.25, 0.3) is 0 Å². The van der Waals surface area contributed by atoms with E-state index in [2.05, 4.69) is 28.2 Å². The first-order valence-electron chi connectivity index (χ1n) is 6.44. The van der Waals surface area contributed by atoms with Crippen LogP contribution in [-0.4, -0.2) is 25.6 Å². The van der Waals surface area contributed by atoms with Gasteiger partial charge >= 0.3 is 0 Å². The maximum atomic E-state index is 11.1. The number of carbonyl (C=O) groups excluding carboxylic acids is 1. The fourth-order valence-corrected chi connectivity index (χ4v) is 2.06. The Kier molecular flexibility index (Phi) is 6.87. The number of nitrogens with one attached hydrogen (secondary N) is 1. The van der Waals surface area contributed by atoms with Crippen molar-refractivity contribution in [3.8, 4) is 5.75 Å². The first-order valence-corrected chi connectivity index (χ1v) is 7.23. The van der Waals surface area contributed by atoms with Crippen LogP contribution < -0.4 is 15.8 Å². The molecule has 0 aliphatic carbocycles. The maximum absolute atomic E-state index is 11.1. The van der Waals surface area contributed by atoms with Crippen LogP contribution in [0, 0.1) is 0 Å². The highest BCUT2D eigenvalue weighted by Gasteiger charge is 2.09. The highest BCUT2D eigenvalue weighted by Crippen LogP contribution is 2.24. The summed E-state index contributed by atoms with van der Waals surface area (Å²) in [5, 5.41) is 2.57. The predicted molar refractivity (Wildman–Crippen MR) is 80.3 cm³/mol. The van der Waals surface area contributed by atoms with Crippen LogP contribution in [-0.2, 0) is 11.2 Å². The molecule has 0 aliphatic rings. The predicted octanol–water partition coefficient (Wildman–Crippen LogP) is 2.24. The molecule has 0 saturated heterocycles. The summed E-state index contributed by atoms with van der Waals surface area (Å²) < 4.78 is 6.68. The van der Waals surface area contributed by atoms with Crippen LogP contribution in [0.4, 0.5) is 0 Å². The van der Waals surface area contributed by atoms with E-state index < -0.39 is 0 Å². The number of halogens is 1. The minimum atomic E-state index is -0.0241. The molecule has 1 aromatic rings. The molecule has 19 heavy (non-hydrogen) atoms. The number of amides is 1. The standard InChI is InChI=1S/C14H21BrN2O2/c1-3-12(16)9-10-8-11(15)4-5-13(10)19-7-6-14(18)17-2/h4-5,8,12H,3,6-7,9,16H2,1-2H3,(H,17,18). The van der Waals surface area contributed by atoms with Gasteiger partial charge in [0, 0.05) is 17.6 Å². The zero-order valence-corrected chi connectivity index (χ0v) is 13.0. The average molecular weight is 329 g/mol. The van der Waals surface area contributed by atoms with Crippen LogP contribution in [0.15, 0.2) is 22.7 Å². The summed E-state index contributed by atoms with van der Waals surface area (Å²) in [5.41, 5.74) is 7.06. The van der Waals surface area contributed by atoms with E-state index in [1.807, 2.05) is 18.2 Å². The van der Waals surface area contributed by atoms with Gasteiger partial charge in [-0.05, 0) is 36.6 Å². The molecule has 0 radical (unpaired) electrons. The number of benzene rings is 1. The summed E-state index contributed by atoms with van der Waals surface area (Å²) in [4.78, 5) is 11.1. The molecular formula is C14H21BrN2O2. The lowest BCUT2D eigenvalue weighted by Gasteiger charge is -2.14. The zero-order chi connectivity index (χ0) is 14.3. The van der Waals surface area contributed by atoms with Gasteiger partial charge < -0.3 is 15.8 Å².